The zero-order chi connectivity index (χ0) is 96.9. The maximum atomic E-state index is 11.6. The van der Waals surface area contributed by atoms with Gasteiger partial charge in [0.1, 0.15) is 16.1 Å². The van der Waals surface area contributed by atoms with Crippen LogP contribution in [0.15, 0.2) is 352 Å². The molecule has 0 bridgehead atoms. The van der Waals surface area contributed by atoms with Crippen LogP contribution in [0.2, 0.25) is 26.2 Å². The summed E-state index contributed by atoms with van der Waals surface area (Å²) in [7, 11) is 2.55. The Labute approximate surface area is 852 Å². The Morgan fingerprint density at radius 1 is 0.314 bits per heavy atom. The molecule has 0 saturated carbocycles. The smallest absolute Gasteiger partial charge is 0.260 e. The van der Waals surface area contributed by atoms with Crippen LogP contribution in [0, 0.1) is 0 Å². The molecule has 0 fully saturated rings. The van der Waals surface area contributed by atoms with Gasteiger partial charge in [0.05, 0.1) is 16.8 Å². The molecule has 12 aromatic heterocycles. The van der Waals surface area contributed by atoms with Crippen molar-refractivity contribution in [3.63, 3.8) is 0 Å². The number of aromatic nitrogens is 1. The predicted octanol–water partition coefficient (Wildman–Crippen LogP) is 34.9. The first-order valence-corrected chi connectivity index (χ1v) is 60.1. The third-order valence-electron chi connectivity index (χ3n) is 25.7. The van der Waals surface area contributed by atoms with Crippen molar-refractivity contribution < 1.29 is 9.59 Å². The number of benzene rings is 7. The van der Waals surface area contributed by atoms with E-state index < -0.39 is 16.1 Å². The van der Waals surface area contributed by atoms with E-state index in [1.54, 1.807) is 120 Å². The lowest BCUT2D eigenvalue weighted by atomic mass is 9.82. The van der Waals surface area contributed by atoms with Gasteiger partial charge in [-0.2, -0.15) is 0 Å². The van der Waals surface area contributed by atoms with Gasteiger partial charge in [0.2, 0.25) is 0 Å². The van der Waals surface area contributed by atoms with E-state index in [9.17, 15) is 9.59 Å². The number of thiophene rings is 11. The van der Waals surface area contributed by atoms with E-state index in [1.807, 2.05) is 118 Å². The van der Waals surface area contributed by atoms with E-state index in [4.69, 9.17) is 0 Å². The fourth-order valence-electron chi connectivity index (χ4n) is 18.2. The lowest BCUT2D eigenvalue weighted by Crippen LogP contribution is -2.49. The number of hydrogen-bond donors (Lipinski definition) is 0. The van der Waals surface area contributed by atoms with Crippen LogP contribution in [0.4, 0.5) is 0 Å². The first-order chi connectivity index (χ1) is 66.0. The molecule has 0 radical (unpaired) electrons. The second-order valence-electron chi connectivity index (χ2n) is 35.3. The van der Waals surface area contributed by atoms with Crippen LogP contribution in [0.1, 0.15) is 95.9 Å². The van der Waals surface area contributed by atoms with E-state index in [1.165, 1.54) is 187 Å². The van der Waals surface area contributed by atoms with E-state index in [2.05, 4.69) is 371 Å². The van der Waals surface area contributed by atoms with Gasteiger partial charge < -0.3 is 14.4 Å². The lowest BCUT2D eigenvalue weighted by Gasteiger charge is -2.21. The molecule has 5 nitrogen and oxygen atoms in total. The molecule has 19 aromatic rings. The molecular formula is C119H107N3O2S11Si2. The van der Waals surface area contributed by atoms with Gasteiger partial charge in [0, 0.05) is 137 Å². The number of allylic oxidation sites excluding steroid dienone is 1. The van der Waals surface area contributed by atoms with Crippen LogP contribution in [0.5, 0.6) is 0 Å². The zero-order valence-corrected chi connectivity index (χ0v) is 89.9. The van der Waals surface area contributed by atoms with Crippen LogP contribution in [-0.4, -0.2) is 56.4 Å². The number of amides is 2. The summed E-state index contributed by atoms with van der Waals surface area (Å²) < 4.78 is 7.70. The number of para-hydroxylation sites is 1. The summed E-state index contributed by atoms with van der Waals surface area (Å²) in [5.74, 6) is -0.291. The van der Waals surface area contributed by atoms with E-state index in [0.717, 1.165) is 0 Å². The minimum absolute atomic E-state index is 0.102. The van der Waals surface area contributed by atoms with Gasteiger partial charge in [-0.25, -0.2) is 0 Å². The Bertz CT molecular complexity index is 7650. The van der Waals surface area contributed by atoms with Crippen molar-refractivity contribution in [1.29, 1.82) is 0 Å². The number of fused-ring (bicyclic) bond motifs is 19. The molecule has 0 unspecified atom stereocenters. The molecule has 6 aliphatic rings. The number of likely N-dealkylation sites (N-methyl/N-ethyl adjacent to an activating group) is 2. The van der Waals surface area contributed by atoms with Gasteiger partial charge in [0.15, 0.2) is 0 Å². The summed E-state index contributed by atoms with van der Waals surface area (Å²) in [4.78, 5) is 42.4. The van der Waals surface area contributed by atoms with E-state index in [0.29, 0.717) is 16.8 Å². The standard InChI is InChI=1S/C17H16.C16H16Si.C15H13N.C13H12S2.C12H12S2Si.C12H8S2.C10H10N2O2.C10H8S2.C8H6S2.C6H6S/c2*1-4-12-9-10-14-13-7-5-6-8-15(13)17(2,3)16(14)11-12;1-3-11-8-9-13-12-6-4-5-7-14(12)16(2)15(13)10-11;1-4-8-7-10-12(15-8)11-9(5-6-14-11)13(10,2)3;1-4-8-7-10-12(14-8)11-9(5-6-13-11)15(10,2)3;1-2-10-5-9-7-11-8(3-4-13-11)6-12(9)14-10;1-4-7-8-6(9(13)12(7)3)5-11(2)10(8)14;1-2-8-5-6-10(12-8)9-4-3-7-11-9;1-2-6-5-8-7(10-6)3-4-9-8;1-2-6-4-3-5-7-6/h2*4-11H,1H2,2-3H3;3-10H,1H2,2H3;2*4-7H,1H2,2-3H3;2-7H,1H2;4-5H,1H2,2-3H3;2-7H,1H2;2-5H,1H2;2-5H,1H2. The molecule has 2 amide bonds. The second kappa shape index (κ2) is 41.8. The Kier molecular flexibility index (Phi) is 29.9. The number of aryl methyl sites for hydroxylation is 1. The van der Waals surface area contributed by atoms with Gasteiger partial charge in [-0.3, -0.25) is 9.59 Å². The Morgan fingerprint density at radius 2 is 0.883 bits per heavy atom. The second-order valence-corrected chi connectivity index (χ2v) is 55.1. The molecular weight excluding hydrogens is 1910 g/mol. The highest BCUT2D eigenvalue weighted by molar-refractivity contribution is 7.29. The fourth-order valence-corrected chi connectivity index (χ4v) is 36.5. The summed E-state index contributed by atoms with van der Waals surface area (Å²) in [6, 6.07) is 80.9. The molecule has 2 aliphatic carbocycles. The van der Waals surface area contributed by atoms with E-state index >= 15 is 0 Å². The molecule has 0 saturated heterocycles. The summed E-state index contributed by atoms with van der Waals surface area (Å²) in [6.45, 7) is 56.7. The Balaban J connectivity index is 0.000000111. The van der Waals surface area contributed by atoms with Crippen molar-refractivity contribution >= 4 is 279 Å². The quantitative estimate of drug-likeness (QED) is 0.121. The van der Waals surface area contributed by atoms with Crippen molar-refractivity contribution in [1.82, 2.24) is 14.4 Å². The summed E-state index contributed by atoms with van der Waals surface area (Å²) in [5, 5.41) is 24.5. The Morgan fingerprint density at radius 3 is 1.58 bits per heavy atom. The maximum absolute atomic E-state index is 11.6. The minimum atomic E-state index is -1.48. The third kappa shape index (κ3) is 19.6. The number of carbonyl (C=O) groups excluding carboxylic acids is 2. The van der Waals surface area contributed by atoms with Crippen molar-refractivity contribution in [3.05, 3.63) is 420 Å². The molecule has 0 N–H and O–H groups in total. The normalized spacial score (nSPS) is 13.9. The number of carbonyl (C=O) groups is 2. The topological polar surface area (TPSA) is 45.6 Å². The molecule has 0 atom stereocenters. The Hall–Kier alpha value is -11.9. The van der Waals surface area contributed by atoms with Gasteiger partial charge in [-0.05, 0) is 222 Å². The highest BCUT2D eigenvalue weighted by Crippen LogP contribution is 2.55. The molecule has 684 valence electrons. The average Bonchev–Trinajstić information content (AvgIpc) is 1.56. The van der Waals surface area contributed by atoms with E-state index in [-0.39, 0.29) is 22.6 Å². The minimum Gasteiger partial charge on any atom is -0.344 e. The van der Waals surface area contributed by atoms with Gasteiger partial charge in [-0.15, -0.1) is 125 Å². The molecule has 4 aliphatic heterocycles. The first-order valence-electron chi connectivity index (χ1n) is 44.8. The zero-order valence-electron chi connectivity index (χ0n) is 78.9. The average molecular weight is 2020 g/mol. The molecule has 18 heteroatoms. The number of rotatable bonds is 11. The van der Waals surface area contributed by atoms with Crippen LogP contribution >= 0.6 is 125 Å². The number of nitrogens with zero attached hydrogens (tertiary/aromatic N) is 3. The van der Waals surface area contributed by atoms with Gasteiger partial charge in [-0.1, -0.05) is 308 Å². The fraction of sp³-hybridized carbons (Fsp3) is 0.109. The maximum Gasteiger partial charge on any atom is 0.260 e. The van der Waals surface area contributed by atoms with Crippen molar-refractivity contribution in [3.8, 4) is 51.5 Å². The third-order valence-corrected chi connectivity index (χ3v) is 44.6. The summed E-state index contributed by atoms with van der Waals surface area (Å²) >= 11 is 20.0. The SMILES string of the molecule is C=CC1=C2C(=O)N(C)C=C2C(=O)N1C.C=Cc1cc2c(s1)-c1sccc1C2(C)C.C=Cc1cc2c(s1)-c1sccc1[Si]2(C)C.C=Cc1cc2cc3sccc3cc2s1.C=Cc1cc2sccc2s1.C=Cc1ccc(-c2cccs2)s1.C=Cc1ccc2c(c1)C(C)(C)c1ccccc1-2.C=Cc1ccc2c(c1)[Si](C)(C)c1ccccc1-2.C=Cc1ccc2c3ccccc3n(C)c2c1.C=Cc1cccs1. The number of hydrogen-bond acceptors (Lipinski definition) is 13. The van der Waals surface area contributed by atoms with Crippen LogP contribution in [0.3, 0.4) is 0 Å². The molecule has 7 aromatic carbocycles. The molecule has 25 rings (SSSR count). The van der Waals surface area contributed by atoms with Crippen LogP contribution < -0.4 is 20.7 Å². The van der Waals surface area contributed by atoms with Crippen molar-refractivity contribution in [2.75, 3.05) is 14.1 Å². The molecule has 137 heavy (non-hydrogen) atoms. The summed E-state index contributed by atoms with van der Waals surface area (Å²) in [5.41, 5.74) is 19.4. The lowest BCUT2D eigenvalue weighted by molar-refractivity contribution is -0.123. The van der Waals surface area contributed by atoms with Crippen LogP contribution in [-0.2, 0) is 27.5 Å². The highest BCUT2D eigenvalue weighted by Gasteiger charge is 2.43. The van der Waals surface area contributed by atoms with Crippen LogP contribution in [0.25, 0.3) is 158 Å². The van der Waals surface area contributed by atoms with Gasteiger partial charge >= 0.3 is 0 Å². The summed E-state index contributed by atoms with van der Waals surface area (Å²) in [6.07, 6.45) is 20.3. The molecule has 0 spiro atoms. The van der Waals surface area contributed by atoms with Crippen molar-refractivity contribution in [2.24, 2.45) is 7.05 Å². The van der Waals surface area contributed by atoms with Crippen molar-refractivity contribution in [2.45, 2.75) is 64.7 Å². The highest BCUT2D eigenvalue weighted by atomic mass is 32.1. The monoisotopic (exact) mass is 2020 g/mol. The largest absolute Gasteiger partial charge is 0.344 e. The van der Waals surface area contributed by atoms with Gasteiger partial charge in [0.25, 0.3) is 11.8 Å². The molecule has 16 heterocycles. The predicted molar refractivity (Wildman–Crippen MR) is 628 cm³/mol. The first kappa shape index (κ1) is 98.1.